The molecule has 1 aliphatic rings. The van der Waals surface area contributed by atoms with Crippen molar-refractivity contribution >= 4 is 11.8 Å². The Labute approximate surface area is 87.3 Å². The molecule has 1 heterocycles. The van der Waals surface area contributed by atoms with Crippen molar-refractivity contribution in [1.82, 2.24) is 14.8 Å². The summed E-state index contributed by atoms with van der Waals surface area (Å²) in [5.41, 5.74) is 0. The second kappa shape index (κ2) is 4.01. The van der Waals surface area contributed by atoms with Gasteiger partial charge in [0.2, 0.25) is 0 Å². The van der Waals surface area contributed by atoms with E-state index in [1.165, 1.54) is 24.6 Å². The van der Waals surface area contributed by atoms with Crippen LogP contribution in [0, 0.1) is 11.3 Å². The van der Waals surface area contributed by atoms with E-state index in [9.17, 15) is 0 Å². The smallest absolute Gasteiger partial charge is 0.192 e. The van der Waals surface area contributed by atoms with Crippen molar-refractivity contribution in [3.05, 3.63) is 5.82 Å². The lowest BCUT2D eigenvalue weighted by atomic mass is 10.4. The van der Waals surface area contributed by atoms with Gasteiger partial charge in [-0.1, -0.05) is 11.8 Å². The third-order valence-electron chi connectivity index (χ3n) is 2.27. The number of aromatic nitrogens is 3. The Kier molecular flexibility index (Phi) is 2.73. The standard InChI is InChI=1S/C9H12N4S/c1-2-13-8(7-3-4-7)11-12-9(13)14-6-5-10/h7H,2-4,6H2,1H3. The lowest BCUT2D eigenvalue weighted by Crippen LogP contribution is -2.01. The molecular formula is C9H12N4S. The molecule has 0 spiro atoms. The summed E-state index contributed by atoms with van der Waals surface area (Å²) in [4.78, 5) is 0. The van der Waals surface area contributed by atoms with Gasteiger partial charge < -0.3 is 4.57 Å². The molecule has 74 valence electrons. The van der Waals surface area contributed by atoms with E-state index in [-0.39, 0.29) is 0 Å². The van der Waals surface area contributed by atoms with Gasteiger partial charge in [-0.05, 0) is 19.8 Å². The minimum absolute atomic E-state index is 0.447. The minimum atomic E-state index is 0.447. The first-order chi connectivity index (χ1) is 6.86. The normalized spacial score (nSPS) is 15.4. The highest BCUT2D eigenvalue weighted by molar-refractivity contribution is 7.99. The highest BCUT2D eigenvalue weighted by Gasteiger charge is 2.29. The van der Waals surface area contributed by atoms with Gasteiger partial charge in [-0.15, -0.1) is 10.2 Å². The zero-order valence-corrected chi connectivity index (χ0v) is 8.92. The minimum Gasteiger partial charge on any atom is -0.306 e. The predicted octanol–water partition coefficient (Wildman–Crippen LogP) is 1.79. The molecule has 1 aromatic heterocycles. The highest BCUT2D eigenvalue weighted by atomic mass is 32.2. The molecule has 0 aliphatic heterocycles. The van der Waals surface area contributed by atoms with Crippen LogP contribution in [-0.4, -0.2) is 20.5 Å². The van der Waals surface area contributed by atoms with E-state index >= 15 is 0 Å². The Hall–Kier alpha value is -1.02. The van der Waals surface area contributed by atoms with Crippen molar-refractivity contribution in [3.63, 3.8) is 0 Å². The molecule has 1 saturated carbocycles. The summed E-state index contributed by atoms with van der Waals surface area (Å²) in [6, 6.07) is 2.10. The second-order valence-electron chi connectivity index (χ2n) is 3.31. The second-order valence-corrected chi connectivity index (χ2v) is 4.25. The SMILES string of the molecule is CCn1c(SCC#N)nnc1C1CC1. The van der Waals surface area contributed by atoms with E-state index in [2.05, 4.69) is 27.8 Å². The monoisotopic (exact) mass is 208 g/mol. The highest BCUT2D eigenvalue weighted by Crippen LogP contribution is 2.39. The third kappa shape index (κ3) is 1.75. The number of hydrogen-bond acceptors (Lipinski definition) is 4. The number of thioether (sulfide) groups is 1. The van der Waals surface area contributed by atoms with Gasteiger partial charge in [0.25, 0.3) is 0 Å². The molecule has 0 unspecified atom stereocenters. The van der Waals surface area contributed by atoms with Gasteiger partial charge in [0.15, 0.2) is 5.16 Å². The fourth-order valence-corrected chi connectivity index (χ4v) is 2.12. The lowest BCUT2D eigenvalue weighted by molar-refractivity contribution is 0.644. The Morgan fingerprint density at radius 2 is 2.36 bits per heavy atom. The van der Waals surface area contributed by atoms with Gasteiger partial charge in [-0.3, -0.25) is 0 Å². The molecule has 0 radical (unpaired) electrons. The van der Waals surface area contributed by atoms with Crippen LogP contribution in [0.1, 0.15) is 31.5 Å². The first-order valence-corrected chi connectivity index (χ1v) is 5.78. The third-order valence-corrected chi connectivity index (χ3v) is 3.10. The molecule has 0 N–H and O–H groups in total. The Morgan fingerprint density at radius 1 is 1.57 bits per heavy atom. The molecule has 0 atom stereocenters. The van der Waals surface area contributed by atoms with Crippen molar-refractivity contribution in [2.45, 2.75) is 37.4 Å². The van der Waals surface area contributed by atoms with Crippen molar-refractivity contribution < 1.29 is 0 Å². The molecule has 14 heavy (non-hydrogen) atoms. The summed E-state index contributed by atoms with van der Waals surface area (Å²) >= 11 is 1.47. The van der Waals surface area contributed by atoms with Crippen molar-refractivity contribution in [2.75, 3.05) is 5.75 Å². The molecule has 0 amide bonds. The van der Waals surface area contributed by atoms with E-state index in [1.807, 2.05) is 0 Å². The van der Waals surface area contributed by atoms with Crippen LogP contribution in [0.4, 0.5) is 0 Å². The van der Waals surface area contributed by atoms with Crippen LogP contribution in [0.15, 0.2) is 5.16 Å². The molecule has 1 fully saturated rings. The van der Waals surface area contributed by atoms with Crippen LogP contribution in [0.25, 0.3) is 0 Å². The van der Waals surface area contributed by atoms with E-state index in [0.29, 0.717) is 11.7 Å². The van der Waals surface area contributed by atoms with Crippen LogP contribution < -0.4 is 0 Å². The topological polar surface area (TPSA) is 54.5 Å². The maximum Gasteiger partial charge on any atom is 0.192 e. The van der Waals surface area contributed by atoms with Crippen LogP contribution in [0.5, 0.6) is 0 Å². The molecule has 0 aromatic carbocycles. The largest absolute Gasteiger partial charge is 0.306 e. The fraction of sp³-hybridized carbons (Fsp3) is 0.667. The van der Waals surface area contributed by atoms with Crippen molar-refractivity contribution in [2.24, 2.45) is 0 Å². The number of hydrogen-bond donors (Lipinski definition) is 0. The molecule has 4 nitrogen and oxygen atoms in total. The molecule has 1 aliphatic carbocycles. The van der Waals surface area contributed by atoms with E-state index < -0.39 is 0 Å². The van der Waals surface area contributed by atoms with Crippen molar-refractivity contribution in [3.8, 4) is 6.07 Å². The summed E-state index contributed by atoms with van der Waals surface area (Å²) in [5, 5.41) is 17.7. The lowest BCUT2D eigenvalue weighted by Gasteiger charge is -2.04. The number of nitriles is 1. The molecular weight excluding hydrogens is 196 g/mol. The van der Waals surface area contributed by atoms with Crippen molar-refractivity contribution in [1.29, 1.82) is 5.26 Å². The molecule has 0 saturated heterocycles. The van der Waals surface area contributed by atoms with Gasteiger partial charge in [0, 0.05) is 12.5 Å². The summed E-state index contributed by atoms with van der Waals surface area (Å²) in [6.45, 7) is 2.98. The molecule has 2 rings (SSSR count). The first-order valence-electron chi connectivity index (χ1n) is 4.79. The number of rotatable bonds is 4. The molecule has 1 aromatic rings. The summed E-state index contributed by atoms with van der Waals surface area (Å²) < 4.78 is 2.12. The van der Waals surface area contributed by atoms with Crippen LogP contribution >= 0.6 is 11.8 Å². The fourth-order valence-electron chi connectivity index (χ4n) is 1.44. The zero-order valence-electron chi connectivity index (χ0n) is 8.10. The van der Waals surface area contributed by atoms with Crippen LogP contribution in [0.3, 0.4) is 0 Å². The average Bonchev–Trinajstić information content (AvgIpc) is 2.96. The maximum atomic E-state index is 8.49. The van der Waals surface area contributed by atoms with Gasteiger partial charge in [-0.25, -0.2) is 0 Å². The quantitative estimate of drug-likeness (QED) is 0.708. The average molecular weight is 208 g/mol. The number of nitrogens with zero attached hydrogens (tertiary/aromatic N) is 4. The Balaban J connectivity index is 2.18. The van der Waals surface area contributed by atoms with E-state index in [0.717, 1.165) is 17.5 Å². The molecule has 0 bridgehead atoms. The Bertz CT molecular complexity index is 361. The van der Waals surface area contributed by atoms with Gasteiger partial charge in [0.05, 0.1) is 11.8 Å². The van der Waals surface area contributed by atoms with E-state index in [4.69, 9.17) is 5.26 Å². The Morgan fingerprint density at radius 3 is 2.93 bits per heavy atom. The summed E-state index contributed by atoms with van der Waals surface area (Å²) in [6.07, 6.45) is 2.47. The van der Waals surface area contributed by atoms with Gasteiger partial charge >= 0.3 is 0 Å². The van der Waals surface area contributed by atoms with Gasteiger partial charge in [0.1, 0.15) is 5.82 Å². The van der Waals surface area contributed by atoms with Gasteiger partial charge in [-0.2, -0.15) is 5.26 Å². The predicted molar refractivity (Wildman–Crippen MR) is 54.0 cm³/mol. The van der Waals surface area contributed by atoms with E-state index in [1.54, 1.807) is 0 Å². The summed E-state index contributed by atoms with van der Waals surface area (Å²) in [7, 11) is 0. The van der Waals surface area contributed by atoms with Crippen LogP contribution in [-0.2, 0) is 6.54 Å². The molecule has 5 heteroatoms. The first kappa shape index (κ1) is 9.53. The van der Waals surface area contributed by atoms with Crippen LogP contribution in [0.2, 0.25) is 0 Å². The zero-order chi connectivity index (χ0) is 9.97. The summed E-state index contributed by atoms with van der Waals surface area (Å²) in [5.74, 6) is 2.18. The maximum absolute atomic E-state index is 8.49.